The molecule has 0 radical (unpaired) electrons. The van der Waals surface area contributed by atoms with Crippen molar-refractivity contribution in [3.05, 3.63) is 60.2 Å². The fourth-order valence-corrected chi connectivity index (χ4v) is 4.65. The van der Waals surface area contributed by atoms with Crippen molar-refractivity contribution in [3.63, 3.8) is 0 Å². The third-order valence-corrected chi connectivity index (χ3v) is 6.66. The lowest BCUT2D eigenvalue weighted by atomic mass is 10.1. The van der Waals surface area contributed by atoms with Gasteiger partial charge in [-0.3, -0.25) is 13.9 Å². The van der Waals surface area contributed by atoms with Gasteiger partial charge in [0.15, 0.2) is 0 Å². The second-order valence-corrected chi connectivity index (χ2v) is 10.1. The summed E-state index contributed by atoms with van der Waals surface area (Å²) in [6, 6.07) is 15.7. The monoisotopic (exact) mass is 503 g/mol. The van der Waals surface area contributed by atoms with Crippen molar-refractivity contribution in [2.75, 3.05) is 36.8 Å². The van der Waals surface area contributed by atoms with E-state index in [0.717, 1.165) is 22.5 Å². The van der Waals surface area contributed by atoms with Crippen molar-refractivity contribution < 1.29 is 22.7 Å². The molecule has 8 nitrogen and oxygen atoms in total. The van der Waals surface area contributed by atoms with Crippen molar-refractivity contribution in [3.8, 4) is 5.75 Å². The average Bonchev–Trinajstić information content (AvgIpc) is 2.84. The lowest BCUT2D eigenvalue weighted by Gasteiger charge is -2.33. The van der Waals surface area contributed by atoms with Crippen molar-refractivity contribution in [1.82, 2.24) is 10.2 Å². The molecule has 2 aromatic rings. The molecule has 1 atom stereocenters. The number of nitrogens with zero attached hydrogens (tertiary/aromatic N) is 2. The number of ether oxygens (including phenoxy) is 1. The number of rotatable bonds is 14. The summed E-state index contributed by atoms with van der Waals surface area (Å²) in [4.78, 5) is 28.1. The fraction of sp³-hybridized carbons (Fsp3) is 0.462. The zero-order valence-electron chi connectivity index (χ0n) is 21.1. The second kappa shape index (κ2) is 13.7. The van der Waals surface area contributed by atoms with Gasteiger partial charge in [0.25, 0.3) is 0 Å². The molecule has 0 aliphatic carbocycles. The van der Waals surface area contributed by atoms with Gasteiger partial charge in [-0.25, -0.2) is 8.42 Å². The molecule has 1 N–H and O–H groups in total. The van der Waals surface area contributed by atoms with Crippen LogP contribution in [0.4, 0.5) is 5.69 Å². The molecular formula is C26H37N3O5S. The standard InChI is InChI=1S/C26H37N3O5S/c1-5-18-27-26(31)22(6-2)28(19-17-21-13-9-8-10-14-21)25(30)20-29(35(4,32)33)23-15-11-12-16-24(23)34-7-3/h8-16,22H,5-7,17-20H2,1-4H3,(H,27,31). The summed E-state index contributed by atoms with van der Waals surface area (Å²) in [6.45, 7) is 6.31. The fourth-order valence-electron chi connectivity index (χ4n) is 3.80. The molecule has 0 aromatic heterocycles. The summed E-state index contributed by atoms with van der Waals surface area (Å²) < 4.78 is 32.2. The summed E-state index contributed by atoms with van der Waals surface area (Å²) in [5, 5.41) is 2.87. The molecule has 0 bridgehead atoms. The Labute approximate surface area is 209 Å². The molecule has 0 saturated heterocycles. The lowest BCUT2D eigenvalue weighted by molar-refractivity contribution is -0.139. The predicted molar refractivity (Wildman–Crippen MR) is 139 cm³/mol. The molecule has 0 aliphatic rings. The minimum atomic E-state index is -3.82. The number of amides is 2. The molecule has 9 heteroatoms. The van der Waals surface area contributed by atoms with Crippen LogP contribution in [0.25, 0.3) is 0 Å². The van der Waals surface area contributed by atoms with Crippen LogP contribution in [0.1, 0.15) is 39.2 Å². The highest BCUT2D eigenvalue weighted by molar-refractivity contribution is 7.92. The topological polar surface area (TPSA) is 96.0 Å². The zero-order chi connectivity index (χ0) is 25.8. The molecule has 0 aliphatic heterocycles. The minimum Gasteiger partial charge on any atom is -0.492 e. The van der Waals surface area contributed by atoms with E-state index in [-0.39, 0.29) is 18.1 Å². The van der Waals surface area contributed by atoms with Crippen LogP contribution < -0.4 is 14.4 Å². The van der Waals surface area contributed by atoms with Gasteiger partial charge in [-0.15, -0.1) is 0 Å². The van der Waals surface area contributed by atoms with Gasteiger partial charge in [-0.2, -0.15) is 0 Å². The van der Waals surface area contributed by atoms with E-state index in [1.54, 1.807) is 31.2 Å². The largest absolute Gasteiger partial charge is 0.492 e. The Hall–Kier alpha value is -3.07. The quantitative estimate of drug-likeness (QED) is 0.427. The smallest absolute Gasteiger partial charge is 0.244 e. The Bertz CT molecular complexity index is 1060. The number of anilines is 1. The van der Waals surface area contributed by atoms with Crippen LogP contribution in [0.15, 0.2) is 54.6 Å². The first-order chi connectivity index (χ1) is 16.7. The molecule has 0 fully saturated rings. The van der Waals surface area contributed by atoms with E-state index in [9.17, 15) is 18.0 Å². The van der Waals surface area contributed by atoms with Gasteiger partial charge in [-0.05, 0) is 43.9 Å². The Balaban J connectivity index is 2.39. The van der Waals surface area contributed by atoms with Gasteiger partial charge in [0.2, 0.25) is 21.8 Å². The van der Waals surface area contributed by atoms with E-state index >= 15 is 0 Å². The summed E-state index contributed by atoms with van der Waals surface area (Å²) in [6.07, 6.45) is 2.78. The Morgan fingerprint density at radius 3 is 2.26 bits per heavy atom. The summed E-state index contributed by atoms with van der Waals surface area (Å²) >= 11 is 0. The predicted octanol–water partition coefficient (Wildman–Crippen LogP) is 3.23. The van der Waals surface area contributed by atoms with E-state index in [2.05, 4.69) is 5.32 Å². The molecule has 0 heterocycles. The van der Waals surface area contributed by atoms with Crippen LogP contribution in [-0.4, -0.2) is 63.7 Å². The normalized spacial score (nSPS) is 12.0. The van der Waals surface area contributed by atoms with E-state index in [4.69, 9.17) is 4.74 Å². The first-order valence-electron chi connectivity index (χ1n) is 12.0. The molecule has 2 rings (SSSR count). The highest BCUT2D eigenvalue weighted by Gasteiger charge is 2.32. The minimum absolute atomic E-state index is 0.239. The maximum atomic E-state index is 13.6. The van der Waals surface area contributed by atoms with E-state index in [1.165, 1.54) is 4.90 Å². The van der Waals surface area contributed by atoms with Gasteiger partial charge in [-0.1, -0.05) is 56.3 Å². The maximum Gasteiger partial charge on any atom is 0.244 e. The Morgan fingerprint density at radius 1 is 1.00 bits per heavy atom. The molecular weight excluding hydrogens is 466 g/mol. The highest BCUT2D eigenvalue weighted by atomic mass is 32.2. The lowest BCUT2D eigenvalue weighted by Crippen LogP contribution is -2.53. The van der Waals surface area contributed by atoms with Crippen LogP contribution in [0.3, 0.4) is 0 Å². The second-order valence-electron chi connectivity index (χ2n) is 8.21. The third-order valence-electron chi connectivity index (χ3n) is 5.53. The number of benzene rings is 2. The van der Waals surface area contributed by atoms with Gasteiger partial charge >= 0.3 is 0 Å². The molecule has 1 unspecified atom stereocenters. The van der Waals surface area contributed by atoms with Crippen LogP contribution in [0.5, 0.6) is 5.75 Å². The Kier molecular flexibility index (Phi) is 11.0. The van der Waals surface area contributed by atoms with Crippen molar-refractivity contribution in [2.45, 2.75) is 46.1 Å². The number of para-hydroxylation sites is 2. The molecule has 35 heavy (non-hydrogen) atoms. The number of nitrogens with one attached hydrogen (secondary N) is 1. The third kappa shape index (κ3) is 8.28. The van der Waals surface area contributed by atoms with Gasteiger partial charge < -0.3 is 15.0 Å². The molecule has 0 spiro atoms. The van der Waals surface area contributed by atoms with Gasteiger partial charge in [0, 0.05) is 13.1 Å². The van der Waals surface area contributed by atoms with Crippen LogP contribution in [0.2, 0.25) is 0 Å². The molecule has 2 aromatic carbocycles. The Morgan fingerprint density at radius 2 is 1.66 bits per heavy atom. The number of hydrogen-bond donors (Lipinski definition) is 1. The molecule has 192 valence electrons. The van der Waals surface area contributed by atoms with Crippen LogP contribution >= 0.6 is 0 Å². The SMILES string of the molecule is CCCNC(=O)C(CC)N(CCc1ccccc1)C(=O)CN(c1ccccc1OCC)S(C)(=O)=O. The van der Waals surface area contributed by atoms with Crippen molar-refractivity contribution in [2.24, 2.45) is 0 Å². The van der Waals surface area contributed by atoms with Crippen molar-refractivity contribution >= 4 is 27.5 Å². The number of hydrogen-bond acceptors (Lipinski definition) is 5. The summed E-state index contributed by atoms with van der Waals surface area (Å²) in [5.74, 6) is -0.315. The van der Waals surface area contributed by atoms with Crippen LogP contribution in [0, 0.1) is 0 Å². The average molecular weight is 504 g/mol. The number of carbonyl (C=O) groups is 2. The van der Waals surface area contributed by atoms with E-state index in [1.807, 2.05) is 44.2 Å². The van der Waals surface area contributed by atoms with Crippen molar-refractivity contribution in [1.29, 1.82) is 0 Å². The van der Waals surface area contributed by atoms with E-state index < -0.39 is 28.5 Å². The number of sulfonamides is 1. The first kappa shape index (κ1) is 28.2. The number of carbonyl (C=O) groups excluding carboxylic acids is 2. The first-order valence-corrected chi connectivity index (χ1v) is 13.9. The highest BCUT2D eigenvalue weighted by Crippen LogP contribution is 2.30. The van der Waals surface area contributed by atoms with Crippen LogP contribution in [-0.2, 0) is 26.0 Å². The van der Waals surface area contributed by atoms with E-state index in [0.29, 0.717) is 31.7 Å². The molecule has 0 saturated carbocycles. The summed E-state index contributed by atoms with van der Waals surface area (Å²) in [7, 11) is -3.82. The zero-order valence-corrected chi connectivity index (χ0v) is 21.9. The summed E-state index contributed by atoms with van der Waals surface area (Å²) in [5.41, 5.74) is 1.31. The maximum absolute atomic E-state index is 13.6. The molecule has 2 amide bonds. The van der Waals surface area contributed by atoms with Gasteiger partial charge in [0.1, 0.15) is 18.3 Å². The van der Waals surface area contributed by atoms with Gasteiger partial charge in [0.05, 0.1) is 18.6 Å².